The van der Waals surface area contributed by atoms with Gasteiger partial charge in [-0.25, -0.2) is 0 Å². The second kappa shape index (κ2) is 12.5. The van der Waals surface area contributed by atoms with Gasteiger partial charge in [-0.2, -0.15) is 22.7 Å². The van der Waals surface area contributed by atoms with Crippen molar-refractivity contribution in [3.8, 4) is 17.1 Å². The Kier molecular flexibility index (Phi) is 8.60. The van der Waals surface area contributed by atoms with Gasteiger partial charge in [0.15, 0.2) is 0 Å². The zero-order valence-corrected chi connectivity index (χ0v) is 23.9. The van der Waals surface area contributed by atoms with Crippen LogP contribution in [0.3, 0.4) is 0 Å². The number of nitrogens with zero attached hydrogens (tertiary/aromatic N) is 5. The highest BCUT2D eigenvalue weighted by Crippen LogP contribution is 2.29. The maximum atomic E-state index is 13.5. The van der Waals surface area contributed by atoms with Gasteiger partial charge in [0.25, 0.3) is 11.9 Å². The quantitative estimate of drug-likeness (QED) is 0.210. The van der Waals surface area contributed by atoms with E-state index in [4.69, 9.17) is 9.72 Å². The smallest absolute Gasteiger partial charge is 0.297 e. The molecule has 8 nitrogen and oxygen atoms in total. The Balaban J connectivity index is 1.47. The summed E-state index contributed by atoms with van der Waals surface area (Å²) in [5.74, 6) is 0.902. The Morgan fingerprint density at radius 3 is 2.50 bits per heavy atom. The third-order valence-corrected chi connectivity index (χ3v) is 7.29. The number of aromatic nitrogens is 2. The number of para-hydroxylation sites is 1. The molecule has 40 heavy (non-hydrogen) atoms. The molecule has 2 heterocycles. The molecule has 4 aromatic rings. The van der Waals surface area contributed by atoms with Gasteiger partial charge in [-0.15, -0.1) is 5.10 Å². The molecule has 1 unspecified atom stereocenters. The van der Waals surface area contributed by atoms with Crippen LogP contribution >= 0.6 is 12.6 Å². The zero-order valence-electron chi connectivity index (χ0n) is 23.0. The first-order valence-electron chi connectivity index (χ1n) is 13.6. The lowest BCUT2D eigenvalue weighted by molar-refractivity contribution is 0.0938. The van der Waals surface area contributed by atoms with Crippen molar-refractivity contribution in [2.24, 2.45) is 21.4 Å². The van der Waals surface area contributed by atoms with E-state index < -0.39 is 0 Å². The lowest BCUT2D eigenvalue weighted by atomic mass is 9.96. The standard InChI is InChI=1S/C31H34N6O2S/c1-4-39-31-34-27-11-7-10-26(30(38)33-23(19-40)16-20(2)3)29(27)37(31)18-21-12-14-22(15-13-21)24-8-5-6-9-25(24)28-17-32-36-35-28/h5-15,20,23,40H,4,16-19H2,1-3H3,(H,33,38). The van der Waals surface area contributed by atoms with Crippen molar-refractivity contribution in [3.63, 3.8) is 0 Å². The van der Waals surface area contributed by atoms with Crippen molar-refractivity contribution < 1.29 is 9.53 Å². The van der Waals surface area contributed by atoms with Crippen LogP contribution in [0.2, 0.25) is 0 Å². The summed E-state index contributed by atoms with van der Waals surface area (Å²) in [5.41, 5.74) is 7.18. The van der Waals surface area contributed by atoms with Gasteiger partial charge in [0.2, 0.25) is 0 Å². The molecule has 1 aliphatic heterocycles. The number of imidazole rings is 1. The summed E-state index contributed by atoms with van der Waals surface area (Å²) in [5, 5.41) is 15.2. The highest BCUT2D eigenvalue weighted by Gasteiger charge is 2.22. The summed E-state index contributed by atoms with van der Waals surface area (Å²) in [6.45, 7) is 7.69. The van der Waals surface area contributed by atoms with Gasteiger partial charge in [0.1, 0.15) is 6.54 Å². The number of hydrogen-bond donors (Lipinski definition) is 2. The van der Waals surface area contributed by atoms with Crippen LogP contribution in [0.4, 0.5) is 0 Å². The first kappa shape index (κ1) is 27.6. The number of thiol groups is 1. The largest absolute Gasteiger partial charge is 0.465 e. The molecule has 0 radical (unpaired) electrons. The number of ether oxygens (including phenoxy) is 1. The van der Waals surface area contributed by atoms with Gasteiger partial charge in [0, 0.05) is 17.4 Å². The summed E-state index contributed by atoms with van der Waals surface area (Å²) in [6, 6.07) is 22.7. The van der Waals surface area contributed by atoms with Crippen LogP contribution in [0.25, 0.3) is 22.2 Å². The monoisotopic (exact) mass is 554 g/mol. The molecule has 1 aliphatic rings. The van der Waals surface area contributed by atoms with Crippen LogP contribution in [-0.4, -0.2) is 46.1 Å². The number of carbonyl (C=O) groups excluding carboxylic acids is 1. The summed E-state index contributed by atoms with van der Waals surface area (Å²) in [4.78, 5) is 18.2. The fourth-order valence-electron chi connectivity index (χ4n) is 5.06. The highest BCUT2D eigenvalue weighted by molar-refractivity contribution is 7.80. The average Bonchev–Trinajstić information content (AvgIpc) is 3.62. The van der Waals surface area contributed by atoms with Crippen LogP contribution < -0.4 is 10.1 Å². The van der Waals surface area contributed by atoms with Crippen LogP contribution in [0, 0.1) is 5.92 Å². The molecule has 1 N–H and O–H groups in total. The first-order valence-corrected chi connectivity index (χ1v) is 14.3. The first-order chi connectivity index (χ1) is 19.5. The van der Waals surface area contributed by atoms with E-state index in [-0.39, 0.29) is 11.9 Å². The summed E-state index contributed by atoms with van der Waals surface area (Å²) < 4.78 is 7.92. The van der Waals surface area contributed by atoms with E-state index in [1.807, 2.05) is 41.8 Å². The third kappa shape index (κ3) is 5.94. The number of benzene rings is 3. The summed E-state index contributed by atoms with van der Waals surface area (Å²) in [7, 11) is 0. The van der Waals surface area contributed by atoms with Crippen LogP contribution in [0.1, 0.15) is 48.7 Å². The maximum Gasteiger partial charge on any atom is 0.297 e. The molecule has 0 saturated heterocycles. The summed E-state index contributed by atoms with van der Waals surface area (Å²) >= 11 is 4.47. The minimum atomic E-state index is -0.130. The number of hydrogen-bond acceptors (Lipinski definition) is 7. The van der Waals surface area contributed by atoms with E-state index in [0.29, 0.717) is 42.9 Å². The molecule has 0 bridgehead atoms. The molecule has 5 rings (SSSR count). The molecule has 0 saturated carbocycles. The molecular weight excluding hydrogens is 520 g/mol. The summed E-state index contributed by atoms with van der Waals surface area (Å²) in [6.07, 6.45) is 0.862. The minimum Gasteiger partial charge on any atom is -0.465 e. The number of amides is 1. The SMILES string of the molecule is CCOc1nc2cccc(C(=O)NC(CS)CC(C)C)c2n1Cc1ccc(-c2ccccc2C2=NN=NC2)cc1. The van der Waals surface area contributed by atoms with Crippen molar-refractivity contribution in [2.45, 2.75) is 39.8 Å². The average molecular weight is 555 g/mol. The van der Waals surface area contributed by atoms with Crippen molar-refractivity contribution in [1.29, 1.82) is 0 Å². The van der Waals surface area contributed by atoms with E-state index in [2.05, 4.69) is 83.6 Å². The molecule has 1 atom stereocenters. The van der Waals surface area contributed by atoms with Gasteiger partial charge in [0.05, 0.1) is 35.5 Å². The van der Waals surface area contributed by atoms with Crippen LogP contribution in [0.15, 0.2) is 82.2 Å². The van der Waals surface area contributed by atoms with Crippen LogP contribution in [-0.2, 0) is 6.54 Å². The molecule has 1 amide bonds. The van der Waals surface area contributed by atoms with E-state index >= 15 is 0 Å². The van der Waals surface area contributed by atoms with Gasteiger partial charge in [-0.1, -0.05) is 68.4 Å². The third-order valence-electron chi connectivity index (χ3n) is 6.85. The van der Waals surface area contributed by atoms with Gasteiger partial charge in [-0.05, 0) is 53.3 Å². The topological polar surface area (TPSA) is 93.2 Å². The van der Waals surface area contributed by atoms with Crippen molar-refractivity contribution in [3.05, 3.63) is 83.4 Å². The fourth-order valence-corrected chi connectivity index (χ4v) is 5.30. The molecule has 3 aromatic carbocycles. The number of carbonyl (C=O) groups is 1. The predicted octanol–water partition coefficient (Wildman–Crippen LogP) is 6.39. The molecule has 1 aromatic heterocycles. The molecule has 0 spiro atoms. The molecule has 206 valence electrons. The van der Waals surface area contributed by atoms with Crippen LogP contribution in [0.5, 0.6) is 6.01 Å². The van der Waals surface area contributed by atoms with Gasteiger partial charge >= 0.3 is 0 Å². The Labute approximate surface area is 240 Å². The van der Waals surface area contributed by atoms with Gasteiger partial charge in [-0.3, -0.25) is 9.36 Å². The van der Waals surface area contributed by atoms with Crippen molar-refractivity contribution >= 4 is 35.3 Å². The Hall–Kier alpha value is -3.98. The minimum absolute atomic E-state index is 0.0122. The fraction of sp³-hybridized carbons (Fsp3) is 0.323. The Morgan fingerprint density at radius 2 is 1.82 bits per heavy atom. The molecule has 0 aliphatic carbocycles. The number of rotatable bonds is 11. The predicted molar refractivity (Wildman–Crippen MR) is 163 cm³/mol. The second-order valence-electron chi connectivity index (χ2n) is 10.2. The van der Waals surface area contributed by atoms with Crippen molar-refractivity contribution in [1.82, 2.24) is 14.9 Å². The molecule has 0 fully saturated rings. The Morgan fingerprint density at radius 1 is 1.05 bits per heavy atom. The van der Waals surface area contributed by atoms with Gasteiger partial charge < -0.3 is 10.1 Å². The highest BCUT2D eigenvalue weighted by atomic mass is 32.1. The Bertz CT molecular complexity index is 1560. The normalized spacial score (nSPS) is 13.6. The van der Waals surface area contributed by atoms with E-state index in [1.165, 1.54) is 0 Å². The maximum absolute atomic E-state index is 13.5. The number of fused-ring (bicyclic) bond motifs is 1. The van der Waals surface area contributed by atoms with E-state index in [1.54, 1.807) is 0 Å². The second-order valence-corrected chi connectivity index (χ2v) is 10.6. The van der Waals surface area contributed by atoms with Crippen molar-refractivity contribution in [2.75, 3.05) is 18.9 Å². The lowest BCUT2D eigenvalue weighted by Crippen LogP contribution is -2.37. The zero-order chi connectivity index (χ0) is 28.1. The van der Waals surface area contributed by atoms with E-state index in [0.717, 1.165) is 45.4 Å². The van der Waals surface area contributed by atoms with E-state index in [9.17, 15) is 4.79 Å². The molecule has 9 heteroatoms. The lowest BCUT2D eigenvalue weighted by Gasteiger charge is -2.19. The number of nitrogens with one attached hydrogen (secondary N) is 1. The molecular formula is C31H34N6O2S.